The standard InChI is InChI=1S/C13H12Cl2N2O2/c1-7-3-5-10(19-7)8(2)16-13(18)12-9(14)4-6-11(15)17-12/h3-6,8H,1-2H3,(H,16,18). The van der Waals surface area contributed by atoms with E-state index in [-0.39, 0.29) is 21.9 Å². The Kier molecular flexibility index (Phi) is 4.12. The summed E-state index contributed by atoms with van der Waals surface area (Å²) in [5.41, 5.74) is 0.101. The van der Waals surface area contributed by atoms with E-state index < -0.39 is 5.91 Å². The van der Waals surface area contributed by atoms with Crippen molar-refractivity contribution >= 4 is 29.1 Å². The van der Waals surface area contributed by atoms with Crippen LogP contribution in [0.25, 0.3) is 0 Å². The molecular weight excluding hydrogens is 287 g/mol. The number of nitrogens with zero attached hydrogens (tertiary/aromatic N) is 1. The van der Waals surface area contributed by atoms with Gasteiger partial charge in [0.15, 0.2) is 0 Å². The molecule has 0 saturated carbocycles. The molecule has 1 unspecified atom stereocenters. The van der Waals surface area contributed by atoms with Crippen molar-refractivity contribution in [2.75, 3.05) is 0 Å². The maximum absolute atomic E-state index is 12.0. The van der Waals surface area contributed by atoms with Crippen LogP contribution in [0.15, 0.2) is 28.7 Å². The fourth-order valence-corrected chi connectivity index (χ4v) is 1.94. The Hall–Kier alpha value is -1.52. The number of carbonyl (C=O) groups is 1. The summed E-state index contributed by atoms with van der Waals surface area (Å²) in [5.74, 6) is 1.06. The van der Waals surface area contributed by atoms with Gasteiger partial charge in [0.2, 0.25) is 0 Å². The van der Waals surface area contributed by atoms with Crippen LogP contribution in [0, 0.1) is 6.92 Å². The third-order valence-electron chi connectivity index (χ3n) is 2.56. The topological polar surface area (TPSA) is 55.1 Å². The number of furan rings is 1. The second kappa shape index (κ2) is 5.63. The minimum absolute atomic E-state index is 0.101. The van der Waals surface area contributed by atoms with Crippen molar-refractivity contribution in [2.24, 2.45) is 0 Å². The van der Waals surface area contributed by atoms with Crippen LogP contribution in [-0.2, 0) is 0 Å². The number of rotatable bonds is 3. The molecule has 1 N–H and O–H groups in total. The van der Waals surface area contributed by atoms with Gasteiger partial charge in [-0.3, -0.25) is 4.79 Å². The minimum atomic E-state index is -0.394. The van der Waals surface area contributed by atoms with Crippen LogP contribution < -0.4 is 5.32 Å². The first-order chi connectivity index (χ1) is 8.97. The van der Waals surface area contributed by atoms with Crippen molar-refractivity contribution in [1.29, 1.82) is 0 Å². The molecule has 0 aliphatic heterocycles. The van der Waals surface area contributed by atoms with E-state index in [2.05, 4.69) is 10.3 Å². The van der Waals surface area contributed by atoms with Gasteiger partial charge >= 0.3 is 0 Å². The number of aromatic nitrogens is 1. The molecule has 19 heavy (non-hydrogen) atoms. The normalized spacial score (nSPS) is 12.2. The maximum atomic E-state index is 12.0. The largest absolute Gasteiger partial charge is 0.464 e. The first-order valence-electron chi connectivity index (χ1n) is 5.66. The zero-order valence-corrected chi connectivity index (χ0v) is 11.9. The summed E-state index contributed by atoms with van der Waals surface area (Å²) in [6.45, 7) is 3.65. The monoisotopic (exact) mass is 298 g/mol. The van der Waals surface area contributed by atoms with Crippen molar-refractivity contribution < 1.29 is 9.21 Å². The Balaban J connectivity index is 2.15. The van der Waals surface area contributed by atoms with Gasteiger partial charge in [0.1, 0.15) is 22.4 Å². The molecule has 0 saturated heterocycles. The summed E-state index contributed by atoms with van der Waals surface area (Å²) in [7, 11) is 0. The van der Waals surface area contributed by atoms with Crippen LogP contribution in [-0.4, -0.2) is 10.9 Å². The molecule has 0 aromatic carbocycles. The zero-order chi connectivity index (χ0) is 14.0. The second-order valence-electron chi connectivity index (χ2n) is 4.11. The molecule has 2 aromatic heterocycles. The summed E-state index contributed by atoms with van der Waals surface area (Å²) in [4.78, 5) is 16.0. The SMILES string of the molecule is Cc1ccc(C(C)NC(=O)c2nc(Cl)ccc2Cl)o1. The van der Waals surface area contributed by atoms with Gasteiger partial charge in [-0.15, -0.1) is 0 Å². The number of carbonyl (C=O) groups excluding carboxylic acids is 1. The highest BCUT2D eigenvalue weighted by molar-refractivity contribution is 6.34. The number of nitrogens with one attached hydrogen (secondary N) is 1. The van der Waals surface area contributed by atoms with E-state index in [0.29, 0.717) is 5.76 Å². The molecule has 0 fully saturated rings. The highest BCUT2D eigenvalue weighted by atomic mass is 35.5. The third kappa shape index (κ3) is 3.28. The van der Waals surface area contributed by atoms with E-state index in [0.717, 1.165) is 5.76 Å². The number of hydrogen-bond acceptors (Lipinski definition) is 3. The minimum Gasteiger partial charge on any atom is -0.464 e. The third-order valence-corrected chi connectivity index (χ3v) is 3.08. The molecule has 0 aliphatic rings. The summed E-state index contributed by atoms with van der Waals surface area (Å²) < 4.78 is 5.44. The quantitative estimate of drug-likeness (QED) is 0.877. The molecule has 1 atom stereocenters. The van der Waals surface area contributed by atoms with E-state index in [1.165, 1.54) is 12.1 Å². The maximum Gasteiger partial charge on any atom is 0.272 e. The zero-order valence-electron chi connectivity index (χ0n) is 10.4. The Morgan fingerprint density at radius 3 is 2.68 bits per heavy atom. The van der Waals surface area contributed by atoms with Crippen LogP contribution in [0.4, 0.5) is 0 Å². The van der Waals surface area contributed by atoms with Gasteiger partial charge in [0, 0.05) is 0 Å². The molecule has 1 amide bonds. The predicted octanol–water partition coefficient (Wildman–Crippen LogP) is 3.78. The van der Waals surface area contributed by atoms with E-state index in [1.807, 2.05) is 26.0 Å². The average Bonchev–Trinajstić information content (AvgIpc) is 2.79. The van der Waals surface area contributed by atoms with Crippen LogP contribution in [0.1, 0.15) is 35.0 Å². The average molecular weight is 299 g/mol. The lowest BCUT2D eigenvalue weighted by Gasteiger charge is -2.11. The summed E-state index contributed by atoms with van der Waals surface area (Å²) in [6, 6.07) is 6.43. The smallest absolute Gasteiger partial charge is 0.272 e. The number of amides is 1. The Labute approximate surface area is 120 Å². The summed E-state index contributed by atoms with van der Waals surface area (Å²) >= 11 is 11.7. The van der Waals surface area contributed by atoms with Gasteiger partial charge in [0.25, 0.3) is 5.91 Å². The molecule has 2 heterocycles. The molecule has 2 aromatic rings. The van der Waals surface area contributed by atoms with Crippen molar-refractivity contribution in [3.05, 3.63) is 51.7 Å². The lowest BCUT2D eigenvalue weighted by molar-refractivity contribution is 0.0930. The van der Waals surface area contributed by atoms with Gasteiger partial charge in [-0.25, -0.2) is 4.98 Å². The van der Waals surface area contributed by atoms with Crippen LogP contribution in [0.5, 0.6) is 0 Å². The molecule has 0 spiro atoms. The lowest BCUT2D eigenvalue weighted by atomic mass is 10.2. The van der Waals surface area contributed by atoms with Crippen molar-refractivity contribution in [1.82, 2.24) is 10.3 Å². The van der Waals surface area contributed by atoms with E-state index in [9.17, 15) is 4.79 Å². The van der Waals surface area contributed by atoms with E-state index >= 15 is 0 Å². The van der Waals surface area contributed by atoms with Gasteiger partial charge in [0.05, 0.1) is 11.1 Å². The Morgan fingerprint density at radius 2 is 2.05 bits per heavy atom. The highest BCUT2D eigenvalue weighted by Gasteiger charge is 2.17. The summed E-state index contributed by atoms with van der Waals surface area (Å²) in [5, 5.41) is 3.23. The lowest BCUT2D eigenvalue weighted by Crippen LogP contribution is -2.27. The van der Waals surface area contributed by atoms with Crippen LogP contribution in [0.3, 0.4) is 0 Å². The molecule has 6 heteroatoms. The van der Waals surface area contributed by atoms with Crippen LogP contribution in [0.2, 0.25) is 10.2 Å². The first kappa shape index (κ1) is 13.9. The van der Waals surface area contributed by atoms with Crippen LogP contribution >= 0.6 is 23.2 Å². The number of hydrogen-bond donors (Lipinski definition) is 1. The number of aryl methyl sites for hydroxylation is 1. The fourth-order valence-electron chi connectivity index (χ4n) is 1.60. The molecule has 100 valence electrons. The molecule has 4 nitrogen and oxygen atoms in total. The molecule has 0 radical (unpaired) electrons. The number of pyridine rings is 1. The predicted molar refractivity (Wildman–Crippen MR) is 73.6 cm³/mol. The van der Waals surface area contributed by atoms with Gasteiger partial charge in [-0.05, 0) is 38.1 Å². The van der Waals surface area contributed by atoms with Crippen molar-refractivity contribution in [3.63, 3.8) is 0 Å². The summed E-state index contributed by atoms with van der Waals surface area (Å²) in [6.07, 6.45) is 0. The number of halogens is 2. The molecule has 2 rings (SSSR count). The fraction of sp³-hybridized carbons (Fsp3) is 0.231. The Morgan fingerprint density at radius 1 is 1.32 bits per heavy atom. The highest BCUT2D eigenvalue weighted by Crippen LogP contribution is 2.19. The Bertz CT molecular complexity index is 610. The van der Waals surface area contributed by atoms with Gasteiger partial charge in [-0.2, -0.15) is 0 Å². The van der Waals surface area contributed by atoms with Crippen molar-refractivity contribution in [3.8, 4) is 0 Å². The molecule has 0 aliphatic carbocycles. The van der Waals surface area contributed by atoms with Gasteiger partial charge in [-0.1, -0.05) is 23.2 Å². The van der Waals surface area contributed by atoms with Gasteiger partial charge < -0.3 is 9.73 Å². The second-order valence-corrected chi connectivity index (χ2v) is 4.90. The molecule has 0 bridgehead atoms. The molecular formula is C13H12Cl2N2O2. The van der Waals surface area contributed by atoms with E-state index in [4.69, 9.17) is 27.6 Å². The van der Waals surface area contributed by atoms with E-state index in [1.54, 1.807) is 0 Å². The van der Waals surface area contributed by atoms with Crippen molar-refractivity contribution in [2.45, 2.75) is 19.9 Å². The first-order valence-corrected chi connectivity index (χ1v) is 6.42.